The number of hydrogen-bond acceptors (Lipinski definition) is 5. The van der Waals surface area contributed by atoms with E-state index in [9.17, 15) is 0 Å². The van der Waals surface area contributed by atoms with Crippen molar-refractivity contribution in [2.24, 2.45) is 0 Å². The summed E-state index contributed by atoms with van der Waals surface area (Å²) in [6.45, 7) is 2.98. The second-order valence-corrected chi connectivity index (χ2v) is 7.45. The number of aromatic nitrogens is 2. The summed E-state index contributed by atoms with van der Waals surface area (Å²) in [6, 6.07) is 2.60. The minimum absolute atomic E-state index is 0.143. The van der Waals surface area contributed by atoms with Crippen molar-refractivity contribution in [1.82, 2.24) is 9.97 Å². The van der Waals surface area contributed by atoms with Gasteiger partial charge in [0.05, 0.1) is 11.0 Å². The zero-order valence-corrected chi connectivity index (χ0v) is 13.9. The van der Waals surface area contributed by atoms with Gasteiger partial charge in [0.15, 0.2) is 0 Å². The van der Waals surface area contributed by atoms with Crippen LogP contribution in [0.1, 0.15) is 51.3 Å². The van der Waals surface area contributed by atoms with Gasteiger partial charge in [-0.15, -0.1) is 11.3 Å². The molecule has 2 aromatic heterocycles. The first kappa shape index (κ1) is 14.4. The maximum atomic E-state index is 6.14. The average molecular weight is 317 g/mol. The molecule has 22 heavy (non-hydrogen) atoms. The summed E-state index contributed by atoms with van der Waals surface area (Å²) < 4.78 is 6.14. The highest BCUT2D eigenvalue weighted by Crippen LogP contribution is 2.41. The van der Waals surface area contributed by atoms with Crippen LogP contribution < -0.4 is 5.32 Å². The molecule has 1 aliphatic carbocycles. The van der Waals surface area contributed by atoms with Crippen molar-refractivity contribution in [3.8, 4) is 0 Å². The van der Waals surface area contributed by atoms with Crippen LogP contribution in [0.3, 0.4) is 0 Å². The van der Waals surface area contributed by atoms with E-state index >= 15 is 0 Å². The molecule has 0 amide bonds. The minimum atomic E-state index is 0.143. The summed E-state index contributed by atoms with van der Waals surface area (Å²) in [4.78, 5) is 10.5. The first-order valence-electron chi connectivity index (χ1n) is 8.43. The predicted octanol–water partition coefficient (Wildman–Crippen LogP) is 4.16. The molecule has 1 unspecified atom stereocenters. The third-order valence-corrected chi connectivity index (χ3v) is 5.84. The van der Waals surface area contributed by atoms with Gasteiger partial charge < -0.3 is 10.1 Å². The van der Waals surface area contributed by atoms with Gasteiger partial charge in [0.25, 0.3) is 0 Å². The minimum Gasteiger partial charge on any atom is -0.375 e. The van der Waals surface area contributed by atoms with Crippen molar-refractivity contribution in [3.05, 3.63) is 17.3 Å². The van der Waals surface area contributed by atoms with Crippen molar-refractivity contribution in [2.75, 3.05) is 11.9 Å². The SMILES string of the molecule is CCc1nc(NC2CCOC3(CCCC3)C2)c2ccsc2n1. The molecule has 2 aromatic rings. The molecular weight excluding hydrogens is 294 g/mol. The van der Waals surface area contributed by atoms with Gasteiger partial charge in [0, 0.05) is 19.1 Å². The molecule has 0 radical (unpaired) electrons. The van der Waals surface area contributed by atoms with E-state index in [4.69, 9.17) is 9.72 Å². The highest BCUT2D eigenvalue weighted by Gasteiger charge is 2.40. The fraction of sp³-hybridized carbons (Fsp3) is 0.647. The quantitative estimate of drug-likeness (QED) is 0.923. The lowest BCUT2D eigenvalue weighted by Gasteiger charge is -2.38. The Hall–Kier alpha value is -1.20. The molecule has 1 saturated heterocycles. The molecule has 3 heterocycles. The Morgan fingerprint density at radius 1 is 1.36 bits per heavy atom. The Labute approximate surface area is 135 Å². The van der Waals surface area contributed by atoms with Crippen molar-refractivity contribution in [2.45, 2.75) is 63.5 Å². The van der Waals surface area contributed by atoms with Gasteiger partial charge >= 0.3 is 0 Å². The van der Waals surface area contributed by atoms with Crippen LogP contribution in [0.15, 0.2) is 11.4 Å². The van der Waals surface area contributed by atoms with Gasteiger partial charge in [-0.05, 0) is 37.1 Å². The summed E-state index contributed by atoms with van der Waals surface area (Å²) in [5.41, 5.74) is 0.143. The Morgan fingerprint density at radius 2 is 2.23 bits per heavy atom. The average Bonchev–Trinajstić information content (AvgIpc) is 3.17. The number of hydrogen-bond donors (Lipinski definition) is 1. The van der Waals surface area contributed by atoms with Crippen molar-refractivity contribution in [1.29, 1.82) is 0 Å². The van der Waals surface area contributed by atoms with Crippen molar-refractivity contribution < 1.29 is 4.74 Å². The van der Waals surface area contributed by atoms with Crippen molar-refractivity contribution >= 4 is 27.4 Å². The smallest absolute Gasteiger partial charge is 0.138 e. The Bertz CT molecular complexity index is 663. The molecule has 118 valence electrons. The van der Waals surface area contributed by atoms with E-state index < -0.39 is 0 Å². The fourth-order valence-corrected chi connectivity index (χ4v) is 4.66. The van der Waals surface area contributed by atoms with Gasteiger partial charge in [0.1, 0.15) is 16.5 Å². The van der Waals surface area contributed by atoms with E-state index in [-0.39, 0.29) is 5.60 Å². The third-order valence-electron chi connectivity index (χ3n) is 5.04. The van der Waals surface area contributed by atoms with Crippen LogP contribution in [0, 0.1) is 0 Å². The van der Waals surface area contributed by atoms with E-state index in [2.05, 4.69) is 28.7 Å². The lowest BCUT2D eigenvalue weighted by Crippen LogP contribution is -2.42. The summed E-state index contributed by atoms with van der Waals surface area (Å²) in [5, 5.41) is 6.98. The molecule has 2 fully saturated rings. The Kier molecular flexibility index (Phi) is 3.78. The number of aryl methyl sites for hydroxylation is 1. The normalized spacial score (nSPS) is 24.1. The maximum absolute atomic E-state index is 6.14. The predicted molar refractivity (Wildman–Crippen MR) is 90.6 cm³/mol. The van der Waals surface area contributed by atoms with Crippen LogP contribution in [0.5, 0.6) is 0 Å². The zero-order chi connectivity index (χ0) is 15.0. The molecule has 0 aromatic carbocycles. The van der Waals surface area contributed by atoms with Crippen LogP contribution >= 0.6 is 11.3 Å². The van der Waals surface area contributed by atoms with E-state index in [1.54, 1.807) is 11.3 Å². The second kappa shape index (κ2) is 5.78. The molecule has 1 N–H and O–H groups in total. The Balaban J connectivity index is 1.58. The molecule has 2 aliphatic rings. The van der Waals surface area contributed by atoms with Crippen LogP contribution in [0.25, 0.3) is 10.2 Å². The Morgan fingerprint density at radius 3 is 3.05 bits per heavy atom. The van der Waals surface area contributed by atoms with Gasteiger partial charge in [-0.1, -0.05) is 19.8 Å². The summed E-state index contributed by atoms with van der Waals surface area (Å²) in [5.74, 6) is 1.95. The lowest BCUT2D eigenvalue weighted by molar-refractivity contribution is -0.0767. The van der Waals surface area contributed by atoms with Gasteiger partial charge in [0.2, 0.25) is 0 Å². The number of ether oxygens (including phenoxy) is 1. The van der Waals surface area contributed by atoms with Crippen LogP contribution in [0.4, 0.5) is 5.82 Å². The highest BCUT2D eigenvalue weighted by molar-refractivity contribution is 7.16. The first-order valence-corrected chi connectivity index (χ1v) is 9.31. The number of rotatable bonds is 3. The molecule has 0 bridgehead atoms. The lowest BCUT2D eigenvalue weighted by atomic mass is 9.89. The number of thiophene rings is 1. The van der Waals surface area contributed by atoms with Crippen LogP contribution in [-0.4, -0.2) is 28.2 Å². The van der Waals surface area contributed by atoms with Gasteiger partial charge in [-0.3, -0.25) is 0 Å². The second-order valence-electron chi connectivity index (χ2n) is 6.55. The largest absolute Gasteiger partial charge is 0.375 e. The highest BCUT2D eigenvalue weighted by atomic mass is 32.1. The number of fused-ring (bicyclic) bond motifs is 1. The molecule has 1 atom stereocenters. The fourth-order valence-electron chi connectivity index (χ4n) is 3.88. The van der Waals surface area contributed by atoms with Crippen LogP contribution in [-0.2, 0) is 11.2 Å². The van der Waals surface area contributed by atoms with E-state index in [1.807, 2.05) is 0 Å². The molecule has 1 spiro atoms. The van der Waals surface area contributed by atoms with Crippen molar-refractivity contribution in [3.63, 3.8) is 0 Å². The number of nitrogens with one attached hydrogen (secondary N) is 1. The van der Waals surface area contributed by atoms with E-state index in [1.165, 1.54) is 25.7 Å². The van der Waals surface area contributed by atoms with Crippen LogP contribution in [0.2, 0.25) is 0 Å². The monoisotopic (exact) mass is 317 g/mol. The zero-order valence-electron chi connectivity index (χ0n) is 13.1. The summed E-state index contributed by atoms with van der Waals surface area (Å²) in [6.07, 6.45) is 8.14. The molecule has 5 heteroatoms. The summed E-state index contributed by atoms with van der Waals surface area (Å²) >= 11 is 1.70. The van der Waals surface area contributed by atoms with Gasteiger partial charge in [-0.2, -0.15) is 0 Å². The standard InChI is InChI=1S/C17H23N3OS/c1-2-14-19-15(13-6-10-22-16(13)20-14)18-12-5-9-21-17(11-12)7-3-4-8-17/h6,10,12H,2-5,7-9,11H2,1H3,(H,18,19,20). The third kappa shape index (κ3) is 2.61. The summed E-state index contributed by atoms with van der Waals surface area (Å²) in [7, 11) is 0. The molecular formula is C17H23N3OS. The topological polar surface area (TPSA) is 47.0 Å². The molecule has 4 rings (SSSR count). The van der Waals surface area contributed by atoms with E-state index in [0.29, 0.717) is 6.04 Å². The molecule has 1 aliphatic heterocycles. The first-order chi connectivity index (χ1) is 10.8. The maximum Gasteiger partial charge on any atom is 0.138 e. The molecule has 4 nitrogen and oxygen atoms in total. The van der Waals surface area contributed by atoms with Gasteiger partial charge in [-0.25, -0.2) is 9.97 Å². The number of anilines is 1. The van der Waals surface area contributed by atoms with E-state index in [0.717, 1.165) is 47.7 Å². The number of nitrogens with zero attached hydrogens (tertiary/aromatic N) is 2. The molecule has 1 saturated carbocycles.